The highest BCUT2D eigenvalue weighted by Gasteiger charge is 2.70. The van der Waals surface area contributed by atoms with Gasteiger partial charge in [-0.3, -0.25) is 29.5 Å². The van der Waals surface area contributed by atoms with Gasteiger partial charge < -0.3 is 5.11 Å². The summed E-state index contributed by atoms with van der Waals surface area (Å²) in [6.45, 7) is 3.77. The molecule has 4 aromatic rings. The monoisotopic (exact) mass is 715 g/mol. The molecule has 0 bridgehead atoms. The summed E-state index contributed by atoms with van der Waals surface area (Å²) in [6.07, 6.45) is 2.50. The van der Waals surface area contributed by atoms with Crippen molar-refractivity contribution in [2.75, 3.05) is 10.3 Å². The van der Waals surface area contributed by atoms with E-state index in [0.717, 1.165) is 20.6 Å². The molecule has 0 spiro atoms. The molecule has 2 saturated heterocycles. The largest absolute Gasteiger partial charge is 0.507 e. The minimum absolute atomic E-state index is 0.0423. The van der Waals surface area contributed by atoms with E-state index < -0.39 is 46.8 Å². The fourth-order valence-corrected chi connectivity index (χ4v) is 9.12. The SMILES string of the molecule is Cc1ccc(NN2C(=O)C3CC4C(=CCC5C(=O)N(c6ccc(Br)cc6)C(=O)C54)C(c4cccc(C)c4O)C3(c3ccccc3)C2=O)cc1. The molecule has 49 heavy (non-hydrogen) atoms. The average Bonchev–Trinajstić information content (AvgIpc) is 3.49. The number of allylic oxidation sites excluding steroid dienone is 2. The van der Waals surface area contributed by atoms with Gasteiger partial charge in [0.1, 0.15) is 5.75 Å². The summed E-state index contributed by atoms with van der Waals surface area (Å²) in [5.41, 5.74) is 6.40. The second-order valence-electron chi connectivity index (χ2n) is 13.6. The molecular formula is C40H34BrN3O5. The summed E-state index contributed by atoms with van der Waals surface area (Å²) in [5.74, 6) is -4.88. The Morgan fingerprint density at radius 1 is 0.796 bits per heavy atom. The third-order valence-corrected chi connectivity index (χ3v) is 11.6. The predicted molar refractivity (Wildman–Crippen MR) is 188 cm³/mol. The van der Waals surface area contributed by atoms with Crippen molar-refractivity contribution in [3.05, 3.63) is 135 Å². The number of hydrogen-bond donors (Lipinski definition) is 2. The number of phenolic OH excluding ortho intramolecular Hbond substituents is 1. The number of anilines is 2. The number of fused-ring (bicyclic) bond motifs is 4. The first-order chi connectivity index (χ1) is 23.6. The molecule has 2 heterocycles. The van der Waals surface area contributed by atoms with Crippen LogP contribution in [0, 0.1) is 37.5 Å². The van der Waals surface area contributed by atoms with Gasteiger partial charge >= 0.3 is 0 Å². The lowest BCUT2D eigenvalue weighted by Gasteiger charge is -2.50. The van der Waals surface area contributed by atoms with E-state index in [0.29, 0.717) is 34.5 Å². The number of imide groups is 2. The molecule has 3 fully saturated rings. The van der Waals surface area contributed by atoms with Crippen LogP contribution in [0.2, 0.25) is 0 Å². The lowest BCUT2D eigenvalue weighted by molar-refractivity contribution is -0.138. The third kappa shape index (κ3) is 4.55. The zero-order chi connectivity index (χ0) is 34.2. The van der Waals surface area contributed by atoms with Gasteiger partial charge in [0, 0.05) is 16.0 Å². The van der Waals surface area contributed by atoms with E-state index in [2.05, 4.69) is 21.4 Å². The van der Waals surface area contributed by atoms with Gasteiger partial charge in [-0.2, -0.15) is 5.01 Å². The number of phenols is 1. The number of hydrazine groups is 1. The highest BCUT2D eigenvalue weighted by molar-refractivity contribution is 9.10. The molecule has 9 heteroatoms. The second-order valence-corrected chi connectivity index (χ2v) is 14.5. The van der Waals surface area contributed by atoms with Gasteiger partial charge in [0.05, 0.1) is 34.5 Å². The van der Waals surface area contributed by atoms with Crippen LogP contribution in [0.15, 0.2) is 113 Å². The number of aryl methyl sites for hydroxylation is 2. The number of carbonyl (C=O) groups is 4. The maximum Gasteiger partial charge on any atom is 0.260 e. The van der Waals surface area contributed by atoms with Gasteiger partial charge in [0.25, 0.3) is 11.8 Å². The molecule has 6 atom stereocenters. The zero-order valence-electron chi connectivity index (χ0n) is 27.0. The maximum absolute atomic E-state index is 15.2. The normalized spacial score (nSPS) is 27.5. The summed E-state index contributed by atoms with van der Waals surface area (Å²) < 4.78 is 0.829. The Morgan fingerprint density at radius 2 is 1.51 bits per heavy atom. The van der Waals surface area contributed by atoms with Crippen molar-refractivity contribution in [2.45, 2.75) is 38.0 Å². The van der Waals surface area contributed by atoms with Crippen molar-refractivity contribution in [1.82, 2.24) is 5.01 Å². The van der Waals surface area contributed by atoms with Crippen LogP contribution in [0.5, 0.6) is 5.75 Å². The minimum Gasteiger partial charge on any atom is -0.507 e. The molecule has 4 amide bonds. The molecule has 4 aromatic carbocycles. The number of benzene rings is 4. The maximum atomic E-state index is 15.2. The first-order valence-corrected chi connectivity index (χ1v) is 17.3. The number of halogens is 1. The Hall–Kier alpha value is -5.02. The van der Waals surface area contributed by atoms with Gasteiger partial charge in [0.15, 0.2) is 0 Å². The van der Waals surface area contributed by atoms with Gasteiger partial charge in [-0.05, 0) is 80.1 Å². The Bertz CT molecular complexity index is 2060. The molecule has 4 aliphatic rings. The van der Waals surface area contributed by atoms with Gasteiger partial charge in [0.2, 0.25) is 11.8 Å². The van der Waals surface area contributed by atoms with Gasteiger partial charge in [-0.15, -0.1) is 0 Å². The average molecular weight is 717 g/mol. The lowest BCUT2D eigenvalue weighted by atomic mass is 9.49. The fourth-order valence-electron chi connectivity index (χ4n) is 8.85. The van der Waals surface area contributed by atoms with E-state index in [9.17, 15) is 19.5 Å². The topological polar surface area (TPSA) is 107 Å². The van der Waals surface area contributed by atoms with Crippen LogP contribution in [0.25, 0.3) is 0 Å². The standard InChI is InChI=1S/C40H34BrN3O5/c1-22-11-15-26(16-12-22)42-44-37(47)32-21-31-28(19-20-29-33(31)38(48)43(36(29)46)27-17-13-25(41)14-18-27)34(30-10-6-7-23(2)35(30)45)40(32,39(44)49)24-8-4-3-5-9-24/h3-19,29,31-34,42,45H,20-21H2,1-2H3. The smallest absolute Gasteiger partial charge is 0.260 e. The molecule has 6 unspecified atom stereocenters. The fraction of sp³-hybridized carbons (Fsp3) is 0.250. The van der Waals surface area contributed by atoms with Gasteiger partial charge in [-0.25, -0.2) is 0 Å². The van der Waals surface area contributed by atoms with Crippen molar-refractivity contribution in [3.8, 4) is 5.75 Å². The van der Waals surface area contributed by atoms with Crippen molar-refractivity contribution >= 4 is 50.9 Å². The molecule has 8 rings (SSSR count). The van der Waals surface area contributed by atoms with Crippen LogP contribution in [-0.2, 0) is 24.6 Å². The molecular weight excluding hydrogens is 682 g/mol. The third-order valence-electron chi connectivity index (χ3n) is 11.1. The van der Waals surface area contributed by atoms with E-state index in [1.165, 1.54) is 4.90 Å². The van der Waals surface area contributed by atoms with Crippen LogP contribution in [0.4, 0.5) is 11.4 Å². The van der Waals surface area contributed by atoms with E-state index in [4.69, 9.17) is 0 Å². The minimum atomic E-state index is -1.44. The molecule has 2 aliphatic heterocycles. The highest BCUT2D eigenvalue weighted by atomic mass is 79.9. The molecule has 2 N–H and O–H groups in total. The van der Waals surface area contributed by atoms with Crippen molar-refractivity contribution in [3.63, 3.8) is 0 Å². The second kappa shape index (κ2) is 11.6. The molecule has 2 aliphatic carbocycles. The Balaban J connectivity index is 1.33. The van der Waals surface area contributed by atoms with E-state index in [1.807, 2.05) is 79.7 Å². The summed E-state index contributed by atoms with van der Waals surface area (Å²) in [4.78, 5) is 59.6. The molecule has 8 nitrogen and oxygen atoms in total. The van der Waals surface area contributed by atoms with Crippen LogP contribution >= 0.6 is 15.9 Å². The zero-order valence-corrected chi connectivity index (χ0v) is 28.6. The molecule has 246 valence electrons. The molecule has 1 saturated carbocycles. The molecule has 0 aromatic heterocycles. The van der Waals surface area contributed by atoms with Crippen molar-refractivity contribution in [2.24, 2.45) is 23.7 Å². The number of hydrogen-bond acceptors (Lipinski definition) is 6. The number of para-hydroxylation sites is 1. The van der Waals surface area contributed by atoms with Crippen LogP contribution in [0.3, 0.4) is 0 Å². The van der Waals surface area contributed by atoms with Gasteiger partial charge in [-0.1, -0.05) is 93.8 Å². The summed E-state index contributed by atoms with van der Waals surface area (Å²) in [7, 11) is 0. The Kier molecular flexibility index (Phi) is 7.37. The number of rotatable bonds is 5. The summed E-state index contributed by atoms with van der Waals surface area (Å²) in [5, 5.41) is 12.8. The van der Waals surface area contributed by atoms with Crippen molar-refractivity contribution in [1.29, 1.82) is 0 Å². The highest BCUT2D eigenvalue weighted by Crippen LogP contribution is 2.65. The van der Waals surface area contributed by atoms with Crippen molar-refractivity contribution < 1.29 is 24.3 Å². The lowest BCUT2D eigenvalue weighted by Crippen LogP contribution is -2.53. The van der Waals surface area contributed by atoms with Crippen LogP contribution < -0.4 is 10.3 Å². The summed E-state index contributed by atoms with van der Waals surface area (Å²) in [6, 6.07) is 29.3. The van der Waals surface area contributed by atoms with E-state index in [-0.39, 0.29) is 24.0 Å². The number of nitrogens with one attached hydrogen (secondary N) is 1. The van der Waals surface area contributed by atoms with Crippen LogP contribution in [-0.4, -0.2) is 33.7 Å². The number of carbonyl (C=O) groups excluding carboxylic acids is 4. The number of amides is 4. The Labute approximate surface area is 292 Å². The predicted octanol–water partition coefficient (Wildman–Crippen LogP) is 6.96. The number of nitrogens with zero attached hydrogens (tertiary/aromatic N) is 2. The molecule has 0 radical (unpaired) electrons. The first-order valence-electron chi connectivity index (χ1n) is 16.5. The summed E-state index contributed by atoms with van der Waals surface area (Å²) >= 11 is 3.43. The first kappa shape index (κ1) is 31.3. The van der Waals surface area contributed by atoms with E-state index >= 15 is 4.79 Å². The van der Waals surface area contributed by atoms with E-state index in [1.54, 1.807) is 37.3 Å². The quantitative estimate of drug-likeness (QED) is 0.171. The Morgan fingerprint density at radius 3 is 2.22 bits per heavy atom. The number of aromatic hydroxyl groups is 1. The van der Waals surface area contributed by atoms with Crippen LogP contribution in [0.1, 0.15) is 41.0 Å².